The first-order valence-electron chi connectivity index (χ1n) is 4.56. The number of aromatic nitrogens is 3. The molecule has 0 aliphatic carbocycles. The average Bonchev–Trinajstić information content (AvgIpc) is 2.39. The molecule has 5 heteroatoms. The second-order valence-electron chi connectivity index (χ2n) is 3.01. The molecule has 0 saturated heterocycles. The third-order valence-electron chi connectivity index (χ3n) is 1.88. The quantitative estimate of drug-likeness (QED) is 0.742. The SMILES string of the molecule is CCCCCCn1[nH]c(=O)nc1Cl. The van der Waals surface area contributed by atoms with Gasteiger partial charge in [-0.15, -0.1) is 0 Å². The Hall–Kier alpha value is -0.770. The highest BCUT2D eigenvalue weighted by Crippen LogP contribution is 2.04. The molecule has 1 aromatic rings. The molecule has 0 unspecified atom stereocenters. The minimum Gasteiger partial charge on any atom is -0.257 e. The van der Waals surface area contributed by atoms with Crippen molar-refractivity contribution in [3.8, 4) is 0 Å². The summed E-state index contributed by atoms with van der Waals surface area (Å²) in [5, 5.41) is 2.79. The predicted molar refractivity (Wildman–Crippen MR) is 52.0 cm³/mol. The Balaban J connectivity index is 2.36. The van der Waals surface area contributed by atoms with E-state index < -0.39 is 0 Å². The van der Waals surface area contributed by atoms with E-state index in [1.165, 1.54) is 12.8 Å². The maximum atomic E-state index is 10.7. The van der Waals surface area contributed by atoms with Crippen molar-refractivity contribution in [2.45, 2.75) is 39.2 Å². The standard InChI is InChI=1S/C8H14ClN3O/c1-2-3-4-5-6-12-7(9)10-8(13)11-12/h2-6H2,1H3,(H,11,13). The molecule has 0 aliphatic heterocycles. The number of nitrogens with zero attached hydrogens (tertiary/aromatic N) is 2. The molecule has 0 aromatic carbocycles. The topological polar surface area (TPSA) is 50.7 Å². The number of aryl methyl sites for hydroxylation is 1. The number of nitrogens with one attached hydrogen (secondary N) is 1. The summed E-state index contributed by atoms with van der Waals surface area (Å²) in [6.07, 6.45) is 4.61. The molecule has 1 N–H and O–H groups in total. The Morgan fingerprint density at radius 3 is 2.77 bits per heavy atom. The van der Waals surface area contributed by atoms with Gasteiger partial charge in [0, 0.05) is 6.54 Å². The van der Waals surface area contributed by atoms with Gasteiger partial charge in [0.15, 0.2) is 0 Å². The van der Waals surface area contributed by atoms with E-state index in [-0.39, 0.29) is 11.0 Å². The van der Waals surface area contributed by atoms with Gasteiger partial charge in [-0.3, -0.25) is 4.68 Å². The Morgan fingerprint density at radius 1 is 1.46 bits per heavy atom. The van der Waals surface area contributed by atoms with Gasteiger partial charge in [-0.25, -0.2) is 9.89 Å². The van der Waals surface area contributed by atoms with Gasteiger partial charge < -0.3 is 0 Å². The maximum Gasteiger partial charge on any atom is 0.362 e. The first-order valence-corrected chi connectivity index (χ1v) is 4.94. The van der Waals surface area contributed by atoms with E-state index in [9.17, 15) is 4.79 Å². The summed E-state index contributed by atoms with van der Waals surface area (Å²) in [5.74, 6) is 0. The fourth-order valence-corrected chi connectivity index (χ4v) is 1.38. The molecule has 0 aliphatic rings. The van der Waals surface area contributed by atoms with Crippen molar-refractivity contribution in [2.75, 3.05) is 0 Å². The van der Waals surface area contributed by atoms with Crippen LogP contribution in [0.1, 0.15) is 32.6 Å². The predicted octanol–water partition coefficient (Wildman–Crippen LogP) is 1.81. The van der Waals surface area contributed by atoms with E-state index in [4.69, 9.17) is 11.6 Å². The minimum atomic E-state index is -0.375. The van der Waals surface area contributed by atoms with Crippen molar-refractivity contribution >= 4 is 11.6 Å². The molecule has 0 spiro atoms. The summed E-state index contributed by atoms with van der Waals surface area (Å²) in [7, 11) is 0. The Labute approximate surface area is 81.9 Å². The molecule has 4 nitrogen and oxygen atoms in total. The van der Waals surface area contributed by atoms with Gasteiger partial charge in [-0.05, 0) is 18.0 Å². The zero-order valence-corrected chi connectivity index (χ0v) is 8.47. The lowest BCUT2D eigenvalue weighted by Crippen LogP contribution is -2.06. The number of H-pyrrole nitrogens is 1. The van der Waals surface area contributed by atoms with Gasteiger partial charge in [0.05, 0.1) is 0 Å². The van der Waals surface area contributed by atoms with Crippen LogP contribution in [-0.4, -0.2) is 14.8 Å². The largest absolute Gasteiger partial charge is 0.362 e. The van der Waals surface area contributed by atoms with E-state index in [1.54, 1.807) is 4.68 Å². The number of halogens is 1. The summed E-state index contributed by atoms with van der Waals surface area (Å²) in [6.45, 7) is 2.90. The van der Waals surface area contributed by atoms with Crippen LogP contribution in [0.3, 0.4) is 0 Å². The van der Waals surface area contributed by atoms with Crippen LogP contribution in [0.4, 0.5) is 0 Å². The molecule has 0 amide bonds. The van der Waals surface area contributed by atoms with Crippen molar-refractivity contribution in [3.05, 3.63) is 15.8 Å². The third kappa shape index (κ3) is 3.22. The van der Waals surface area contributed by atoms with Gasteiger partial charge in [0.2, 0.25) is 5.28 Å². The second kappa shape index (κ2) is 5.07. The molecule has 1 heterocycles. The summed E-state index contributed by atoms with van der Waals surface area (Å²) >= 11 is 5.68. The van der Waals surface area contributed by atoms with Crippen LogP contribution >= 0.6 is 11.6 Å². The lowest BCUT2D eigenvalue weighted by Gasteiger charge is -2.01. The van der Waals surface area contributed by atoms with Crippen molar-refractivity contribution < 1.29 is 0 Å². The fraction of sp³-hybridized carbons (Fsp3) is 0.750. The van der Waals surface area contributed by atoms with Crippen molar-refractivity contribution in [1.82, 2.24) is 14.8 Å². The minimum absolute atomic E-state index is 0.251. The van der Waals surface area contributed by atoms with Crippen LogP contribution in [0.25, 0.3) is 0 Å². The van der Waals surface area contributed by atoms with Crippen LogP contribution in [0.2, 0.25) is 5.28 Å². The van der Waals surface area contributed by atoms with Crippen LogP contribution in [0.5, 0.6) is 0 Å². The molecule has 13 heavy (non-hydrogen) atoms. The van der Waals surface area contributed by atoms with Crippen molar-refractivity contribution in [1.29, 1.82) is 0 Å². The summed E-state index contributed by atoms with van der Waals surface area (Å²) in [5.41, 5.74) is -0.375. The lowest BCUT2D eigenvalue weighted by atomic mass is 10.2. The monoisotopic (exact) mass is 203 g/mol. The highest BCUT2D eigenvalue weighted by molar-refractivity contribution is 6.28. The van der Waals surface area contributed by atoms with E-state index >= 15 is 0 Å². The van der Waals surface area contributed by atoms with E-state index in [1.807, 2.05) is 0 Å². The zero-order valence-electron chi connectivity index (χ0n) is 7.72. The van der Waals surface area contributed by atoms with Gasteiger partial charge >= 0.3 is 5.69 Å². The molecule has 74 valence electrons. The van der Waals surface area contributed by atoms with Crippen molar-refractivity contribution in [3.63, 3.8) is 0 Å². The smallest absolute Gasteiger partial charge is 0.257 e. The highest BCUT2D eigenvalue weighted by atomic mass is 35.5. The molecule has 0 radical (unpaired) electrons. The summed E-state index contributed by atoms with van der Waals surface area (Å²) in [6, 6.07) is 0. The van der Waals surface area contributed by atoms with Gasteiger partial charge in [0.1, 0.15) is 0 Å². The lowest BCUT2D eigenvalue weighted by molar-refractivity contribution is 0.538. The number of unbranched alkanes of at least 4 members (excludes halogenated alkanes) is 3. The van der Waals surface area contributed by atoms with E-state index in [2.05, 4.69) is 17.0 Å². The molecule has 1 rings (SSSR count). The van der Waals surface area contributed by atoms with Crippen LogP contribution in [0.15, 0.2) is 4.79 Å². The van der Waals surface area contributed by atoms with E-state index in [0.29, 0.717) is 0 Å². The van der Waals surface area contributed by atoms with Gasteiger partial charge in [0.25, 0.3) is 0 Å². The molecular weight excluding hydrogens is 190 g/mol. The molecule has 0 saturated carbocycles. The van der Waals surface area contributed by atoms with Crippen LogP contribution < -0.4 is 5.69 Å². The maximum absolute atomic E-state index is 10.7. The molecule has 1 aromatic heterocycles. The first-order chi connectivity index (χ1) is 6.24. The molecule has 0 fully saturated rings. The normalized spacial score (nSPS) is 10.6. The highest BCUT2D eigenvalue weighted by Gasteiger charge is 2.01. The first kappa shape index (κ1) is 10.3. The van der Waals surface area contributed by atoms with Crippen LogP contribution in [0, 0.1) is 0 Å². The number of rotatable bonds is 5. The zero-order chi connectivity index (χ0) is 9.68. The van der Waals surface area contributed by atoms with Gasteiger partial charge in [-0.2, -0.15) is 4.98 Å². The second-order valence-corrected chi connectivity index (χ2v) is 3.35. The Morgan fingerprint density at radius 2 is 2.23 bits per heavy atom. The Bertz CT molecular complexity index is 305. The van der Waals surface area contributed by atoms with Gasteiger partial charge in [-0.1, -0.05) is 26.2 Å². The molecule has 0 bridgehead atoms. The fourth-order valence-electron chi connectivity index (χ4n) is 1.18. The number of aromatic amines is 1. The molecule has 0 atom stereocenters. The average molecular weight is 204 g/mol. The molecular formula is C8H14ClN3O. The van der Waals surface area contributed by atoms with Crippen LogP contribution in [-0.2, 0) is 6.54 Å². The number of hydrogen-bond donors (Lipinski definition) is 1. The third-order valence-corrected chi connectivity index (χ3v) is 2.17. The van der Waals surface area contributed by atoms with E-state index in [0.717, 1.165) is 19.4 Å². The Kier molecular flexibility index (Phi) is 4.02. The number of hydrogen-bond acceptors (Lipinski definition) is 2. The summed E-state index contributed by atoms with van der Waals surface area (Å²) in [4.78, 5) is 14.3. The van der Waals surface area contributed by atoms with Crippen molar-refractivity contribution in [2.24, 2.45) is 0 Å². The summed E-state index contributed by atoms with van der Waals surface area (Å²) < 4.78 is 1.58.